The van der Waals surface area contributed by atoms with Crippen molar-refractivity contribution < 1.29 is 24.2 Å². The molecule has 4 atom stereocenters. The third kappa shape index (κ3) is 5.31. The molecular weight excluding hydrogens is 586 g/mol. The van der Waals surface area contributed by atoms with E-state index in [4.69, 9.17) is 16.3 Å². The van der Waals surface area contributed by atoms with Crippen molar-refractivity contribution in [3.63, 3.8) is 0 Å². The maximum absolute atomic E-state index is 14.6. The number of nitrogens with zero attached hydrogens (tertiary/aromatic N) is 5. The second-order valence-corrected chi connectivity index (χ2v) is 16.9. The summed E-state index contributed by atoms with van der Waals surface area (Å²) >= 11 is 6.52. The third-order valence-electron chi connectivity index (χ3n) is 9.20. The average Bonchev–Trinajstić information content (AvgIpc) is 3.71. The van der Waals surface area contributed by atoms with Gasteiger partial charge in [-0.15, -0.1) is 5.10 Å². The summed E-state index contributed by atoms with van der Waals surface area (Å²) in [6.45, 7) is 7.38. The Labute approximate surface area is 257 Å². The van der Waals surface area contributed by atoms with Crippen molar-refractivity contribution >= 4 is 43.1 Å². The van der Waals surface area contributed by atoms with Crippen LogP contribution in [0.5, 0.6) is 0 Å². The molecule has 43 heavy (non-hydrogen) atoms. The summed E-state index contributed by atoms with van der Waals surface area (Å²) in [5.41, 5.74) is 2.48. The van der Waals surface area contributed by atoms with E-state index in [1.807, 2.05) is 62.6 Å². The molecule has 1 spiro atoms. The van der Waals surface area contributed by atoms with Crippen LogP contribution in [0.4, 0.5) is 11.4 Å². The van der Waals surface area contributed by atoms with Gasteiger partial charge in [-0.25, -0.2) is 0 Å². The van der Waals surface area contributed by atoms with E-state index in [0.29, 0.717) is 43.1 Å². The van der Waals surface area contributed by atoms with Gasteiger partial charge in [0.25, 0.3) is 5.91 Å². The Morgan fingerprint density at radius 1 is 1.16 bits per heavy atom. The molecule has 0 radical (unpaired) electrons. The summed E-state index contributed by atoms with van der Waals surface area (Å²) in [5.74, 6) is -0.326. The molecule has 2 saturated heterocycles. The summed E-state index contributed by atoms with van der Waals surface area (Å²) < 4.78 is 8.60. The number of benzene rings is 2. The van der Waals surface area contributed by atoms with Crippen molar-refractivity contribution in [1.82, 2.24) is 15.0 Å². The first-order chi connectivity index (χ1) is 20.5. The fourth-order valence-electron chi connectivity index (χ4n) is 7.30. The molecule has 0 unspecified atom stereocenters. The molecule has 228 valence electrons. The Kier molecular flexibility index (Phi) is 7.97. The summed E-state index contributed by atoms with van der Waals surface area (Å²) in [7, 11) is -2.81. The summed E-state index contributed by atoms with van der Waals surface area (Å²) in [6.07, 6.45) is 3.82. The molecule has 1 aromatic heterocycles. The number of aryl methyl sites for hydroxylation is 1. The van der Waals surface area contributed by atoms with E-state index >= 15 is 0 Å². The average molecular weight is 624 g/mol. The second kappa shape index (κ2) is 11.4. The Bertz CT molecular complexity index is 1530. The number of fused-ring (bicyclic) bond motifs is 2. The molecule has 6 rings (SSSR count). The van der Waals surface area contributed by atoms with Crippen molar-refractivity contribution in [2.75, 3.05) is 23.0 Å². The number of ether oxygens (including phenoxy) is 1. The topological polar surface area (TPSA) is 121 Å². The number of halogens is 1. The van der Waals surface area contributed by atoms with E-state index in [1.165, 1.54) is 0 Å². The van der Waals surface area contributed by atoms with Crippen LogP contribution in [0.2, 0.25) is 23.7 Å². The van der Waals surface area contributed by atoms with E-state index < -0.39 is 13.9 Å². The number of anilines is 2. The molecule has 2 N–H and O–H groups in total. The normalized spacial score (nSPS) is 25.4. The smallest absolute Gasteiger partial charge is 0.264 e. The Balaban J connectivity index is 1.30. The predicted molar refractivity (Wildman–Crippen MR) is 165 cm³/mol. The summed E-state index contributed by atoms with van der Waals surface area (Å²) in [5, 5.41) is 18.0. The standard InChI is InChI=1S/C31H38ClN5O5Si/c1-20-29(43(2,3)41)27(12-15-35-19-23(13-16-38)33-34-35)42-31(20)25-17-22(32)8-11-26(25)37(30(31)40)18-21-6-9-24(10-7-21)36-14-4-5-28(36)39/h6-11,17,19-20,27,29,38,41H,4-5,12-16,18H2,1-3H3/t20-,27+,29-,31+/m0/s1. The quantitative estimate of drug-likeness (QED) is 0.345. The van der Waals surface area contributed by atoms with Crippen molar-refractivity contribution in [3.05, 3.63) is 70.5 Å². The number of carbonyl (C=O) groups is 2. The molecule has 3 aromatic rings. The van der Waals surface area contributed by atoms with E-state index in [9.17, 15) is 19.5 Å². The van der Waals surface area contributed by atoms with E-state index in [-0.39, 0.29) is 36.0 Å². The molecule has 4 heterocycles. The van der Waals surface area contributed by atoms with Crippen LogP contribution in [0, 0.1) is 5.92 Å². The number of amides is 2. The van der Waals surface area contributed by atoms with Crippen LogP contribution in [-0.2, 0) is 39.4 Å². The van der Waals surface area contributed by atoms with Crippen LogP contribution >= 0.6 is 11.6 Å². The molecule has 0 aliphatic carbocycles. The van der Waals surface area contributed by atoms with Crippen LogP contribution in [0.1, 0.15) is 43.0 Å². The molecule has 3 aliphatic heterocycles. The number of aromatic nitrogens is 3. The van der Waals surface area contributed by atoms with Gasteiger partial charge in [0.1, 0.15) is 0 Å². The monoisotopic (exact) mass is 623 g/mol. The fourth-order valence-corrected chi connectivity index (χ4v) is 10.1. The first kappa shape index (κ1) is 30.0. The second-order valence-electron chi connectivity index (χ2n) is 12.5. The fraction of sp³-hybridized carbons (Fsp3) is 0.484. The van der Waals surface area contributed by atoms with Gasteiger partial charge in [-0.05, 0) is 61.8 Å². The lowest BCUT2D eigenvalue weighted by atomic mass is 9.82. The lowest BCUT2D eigenvalue weighted by Crippen LogP contribution is -2.46. The molecule has 2 amide bonds. The van der Waals surface area contributed by atoms with Crippen molar-refractivity contribution in [3.8, 4) is 0 Å². The number of aliphatic hydroxyl groups is 1. The highest BCUT2D eigenvalue weighted by Gasteiger charge is 2.66. The van der Waals surface area contributed by atoms with Gasteiger partial charge in [0, 0.05) is 66.5 Å². The molecule has 2 fully saturated rings. The highest BCUT2D eigenvalue weighted by atomic mass is 35.5. The van der Waals surface area contributed by atoms with Gasteiger partial charge in [0.05, 0.1) is 24.0 Å². The van der Waals surface area contributed by atoms with Gasteiger partial charge in [-0.1, -0.05) is 35.9 Å². The first-order valence-corrected chi connectivity index (χ1v) is 18.3. The zero-order valence-corrected chi connectivity index (χ0v) is 26.5. The minimum atomic E-state index is -2.81. The first-order valence-electron chi connectivity index (χ1n) is 14.9. The van der Waals surface area contributed by atoms with Crippen molar-refractivity contribution in [2.24, 2.45) is 5.92 Å². The van der Waals surface area contributed by atoms with Crippen LogP contribution in [-0.4, -0.2) is 64.3 Å². The van der Waals surface area contributed by atoms with Gasteiger partial charge in [0.2, 0.25) is 5.91 Å². The Morgan fingerprint density at radius 2 is 1.93 bits per heavy atom. The molecule has 0 bridgehead atoms. The van der Waals surface area contributed by atoms with E-state index in [0.717, 1.165) is 35.5 Å². The van der Waals surface area contributed by atoms with Crippen LogP contribution in [0.3, 0.4) is 0 Å². The Morgan fingerprint density at radius 3 is 2.60 bits per heavy atom. The van der Waals surface area contributed by atoms with E-state index in [2.05, 4.69) is 10.3 Å². The predicted octanol–water partition coefficient (Wildman–Crippen LogP) is 4.03. The van der Waals surface area contributed by atoms with Crippen LogP contribution < -0.4 is 9.80 Å². The van der Waals surface area contributed by atoms with Gasteiger partial charge >= 0.3 is 0 Å². The SMILES string of the molecule is C[C@H]1[C@H]([Si](C)(C)O)[C@@H](CCn2cc(CCO)nn2)O[C@]12C(=O)N(Cc1ccc(N3CCCC3=O)cc1)c1ccc(Cl)cc12. The van der Waals surface area contributed by atoms with Crippen LogP contribution in [0.15, 0.2) is 48.7 Å². The van der Waals surface area contributed by atoms with Gasteiger partial charge in [-0.2, -0.15) is 0 Å². The zero-order valence-electron chi connectivity index (χ0n) is 24.7. The number of rotatable bonds is 9. The maximum Gasteiger partial charge on any atom is 0.264 e. The van der Waals surface area contributed by atoms with E-state index in [1.54, 1.807) is 20.5 Å². The summed E-state index contributed by atoms with van der Waals surface area (Å²) in [6, 6.07) is 13.3. The van der Waals surface area contributed by atoms with Crippen molar-refractivity contribution in [1.29, 1.82) is 0 Å². The van der Waals surface area contributed by atoms with Crippen LogP contribution in [0.25, 0.3) is 0 Å². The minimum Gasteiger partial charge on any atom is -0.432 e. The van der Waals surface area contributed by atoms with Gasteiger partial charge < -0.3 is 24.4 Å². The molecule has 10 nitrogen and oxygen atoms in total. The maximum atomic E-state index is 14.6. The number of hydrogen-bond donors (Lipinski definition) is 2. The third-order valence-corrected chi connectivity index (χ3v) is 11.9. The molecular formula is C31H38ClN5O5Si. The number of carbonyl (C=O) groups excluding carboxylic acids is 2. The van der Waals surface area contributed by atoms with Crippen molar-refractivity contribution in [2.45, 2.75) is 76.0 Å². The molecule has 12 heteroatoms. The van der Waals surface area contributed by atoms with Gasteiger partial charge in [-0.3, -0.25) is 14.3 Å². The molecule has 3 aliphatic rings. The number of hydrogen-bond acceptors (Lipinski definition) is 7. The lowest BCUT2D eigenvalue weighted by molar-refractivity contribution is -0.146. The minimum absolute atomic E-state index is 0.000314. The highest BCUT2D eigenvalue weighted by molar-refractivity contribution is 6.71. The highest BCUT2D eigenvalue weighted by Crippen LogP contribution is 2.60. The Hall–Kier alpha value is -3.09. The van der Waals surface area contributed by atoms with Gasteiger partial charge in [0.15, 0.2) is 13.9 Å². The lowest BCUT2D eigenvalue weighted by Gasteiger charge is -2.32. The molecule has 2 aromatic carbocycles. The number of aliphatic hydroxyl groups excluding tert-OH is 1. The summed E-state index contributed by atoms with van der Waals surface area (Å²) in [4.78, 5) is 41.9. The largest absolute Gasteiger partial charge is 0.432 e. The zero-order chi connectivity index (χ0) is 30.5. The molecule has 0 saturated carbocycles.